The third kappa shape index (κ3) is 2.08. The third-order valence-electron chi connectivity index (χ3n) is 4.17. The lowest BCUT2D eigenvalue weighted by molar-refractivity contribution is -0.314. The Labute approximate surface area is 130 Å². The molecular weight excluding hydrogens is 304 g/mol. The Bertz CT molecular complexity index is 867. The lowest BCUT2D eigenvalue weighted by atomic mass is 9.71. The van der Waals surface area contributed by atoms with Gasteiger partial charge in [-0.3, -0.25) is 4.79 Å². The molecule has 1 aliphatic rings. The Morgan fingerprint density at radius 2 is 1.91 bits per heavy atom. The summed E-state index contributed by atoms with van der Waals surface area (Å²) < 4.78 is 0. The highest BCUT2D eigenvalue weighted by molar-refractivity contribution is 6.15. The summed E-state index contributed by atoms with van der Waals surface area (Å²) in [6.45, 7) is 1.20. The van der Waals surface area contributed by atoms with Crippen molar-refractivity contribution in [2.45, 2.75) is 18.9 Å². The first kappa shape index (κ1) is 15.1. The molecule has 0 spiro atoms. The van der Waals surface area contributed by atoms with E-state index in [1.54, 1.807) is 0 Å². The van der Waals surface area contributed by atoms with E-state index in [0.29, 0.717) is 0 Å². The smallest absolute Gasteiger partial charge is 0.178 e. The number of carbonyl (C=O) groups excluding carboxylic acids is 2. The normalized spacial score (nSPS) is 23.7. The Balaban J connectivity index is 2.36. The van der Waals surface area contributed by atoms with Gasteiger partial charge in [0.05, 0.1) is 28.4 Å². The van der Waals surface area contributed by atoms with Crippen molar-refractivity contribution in [3.63, 3.8) is 0 Å². The Morgan fingerprint density at radius 1 is 1.26 bits per heavy atom. The fraction of sp³-hybridized carbons (Fsp3) is 0.250. The predicted molar refractivity (Wildman–Crippen MR) is 76.1 cm³/mol. The molecule has 3 rings (SSSR count). The van der Waals surface area contributed by atoms with Crippen LogP contribution in [0.2, 0.25) is 0 Å². The molecule has 2 aromatic carbocycles. The molecule has 2 unspecified atom stereocenters. The largest absolute Gasteiger partial charge is 0.549 e. The molecule has 23 heavy (non-hydrogen) atoms. The number of aromatic hydroxyl groups is 3. The number of hydrogen-bond donors (Lipinski definition) is 4. The van der Waals surface area contributed by atoms with Crippen LogP contribution < -0.4 is 5.11 Å². The van der Waals surface area contributed by atoms with Crippen molar-refractivity contribution in [2.24, 2.45) is 5.92 Å². The number of aliphatic hydroxyl groups is 1. The van der Waals surface area contributed by atoms with Crippen LogP contribution in [0, 0.1) is 5.92 Å². The summed E-state index contributed by atoms with van der Waals surface area (Å²) in [7, 11) is 0. The maximum absolute atomic E-state index is 12.4. The summed E-state index contributed by atoms with van der Waals surface area (Å²) in [6.07, 6.45) is -0.202. The van der Waals surface area contributed by atoms with Gasteiger partial charge in [0.15, 0.2) is 5.78 Å². The van der Waals surface area contributed by atoms with Gasteiger partial charge in [-0.05, 0) is 30.0 Å². The van der Waals surface area contributed by atoms with Crippen LogP contribution in [-0.4, -0.2) is 37.8 Å². The molecule has 120 valence electrons. The van der Waals surface area contributed by atoms with Gasteiger partial charge in [-0.25, -0.2) is 0 Å². The highest BCUT2D eigenvalue weighted by atomic mass is 16.4. The van der Waals surface area contributed by atoms with Gasteiger partial charge in [0.2, 0.25) is 0 Å². The van der Waals surface area contributed by atoms with Crippen molar-refractivity contribution in [1.82, 2.24) is 0 Å². The summed E-state index contributed by atoms with van der Waals surface area (Å²) in [5.41, 5.74) is -1.91. The monoisotopic (exact) mass is 317 g/mol. The lowest BCUT2D eigenvalue weighted by Gasteiger charge is -2.37. The molecule has 7 nitrogen and oxygen atoms in total. The summed E-state index contributed by atoms with van der Waals surface area (Å²) in [5, 5.41) is 51.4. The molecule has 7 heteroatoms. The Hall–Kier alpha value is -2.80. The van der Waals surface area contributed by atoms with Crippen molar-refractivity contribution in [3.05, 3.63) is 29.3 Å². The first-order valence-corrected chi connectivity index (χ1v) is 6.81. The maximum atomic E-state index is 12.4. The second-order valence-corrected chi connectivity index (χ2v) is 5.97. The van der Waals surface area contributed by atoms with Crippen molar-refractivity contribution < 1.29 is 35.1 Å². The number of rotatable bonds is 1. The molecule has 0 amide bonds. The van der Waals surface area contributed by atoms with Crippen molar-refractivity contribution in [1.29, 1.82) is 0 Å². The van der Waals surface area contributed by atoms with Crippen LogP contribution in [-0.2, 0) is 11.2 Å². The van der Waals surface area contributed by atoms with Gasteiger partial charge in [-0.2, -0.15) is 0 Å². The molecule has 0 saturated carbocycles. The number of hydrogen-bond acceptors (Lipinski definition) is 7. The van der Waals surface area contributed by atoms with Crippen molar-refractivity contribution >= 4 is 22.5 Å². The molecular formula is C16H13O7-. The van der Waals surface area contributed by atoms with E-state index in [4.69, 9.17) is 0 Å². The van der Waals surface area contributed by atoms with E-state index in [1.807, 2.05) is 0 Å². The Morgan fingerprint density at radius 3 is 2.52 bits per heavy atom. The molecule has 0 radical (unpaired) electrons. The molecule has 2 atom stereocenters. The lowest BCUT2D eigenvalue weighted by Crippen LogP contribution is -2.54. The average Bonchev–Trinajstić information content (AvgIpc) is 2.34. The zero-order valence-electron chi connectivity index (χ0n) is 12.0. The SMILES string of the molecule is CC1(O)Cc2cc3cc(O)cc(O)c3c(O)c2C(=O)C1C(=O)[O-]. The number of phenolic OH excluding ortho intramolecular Hbond substituents is 3. The number of phenols is 3. The van der Waals surface area contributed by atoms with E-state index in [1.165, 1.54) is 19.1 Å². The summed E-state index contributed by atoms with van der Waals surface area (Å²) in [4.78, 5) is 23.7. The van der Waals surface area contributed by atoms with Gasteiger partial charge < -0.3 is 30.3 Å². The van der Waals surface area contributed by atoms with E-state index < -0.39 is 34.8 Å². The van der Waals surface area contributed by atoms with Gasteiger partial charge >= 0.3 is 0 Å². The summed E-state index contributed by atoms with van der Waals surface area (Å²) in [6, 6.07) is 3.69. The van der Waals surface area contributed by atoms with Crippen molar-refractivity contribution in [3.8, 4) is 17.2 Å². The molecule has 4 N–H and O–H groups in total. The molecule has 0 bridgehead atoms. The van der Waals surface area contributed by atoms with Crippen LogP contribution in [0.4, 0.5) is 0 Å². The Kier molecular flexibility index (Phi) is 3.02. The van der Waals surface area contributed by atoms with Gasteiger partial charge in [0.1, 0.15) is 17.2 Å². The van der Waals surface area contributed by atoms with Gasteiger partial charge in [-0.15, -0.1) is 0 Å². The van der Waals surface area contributed by atoms with Crippen LogP contribution in [0.1, 0.15) is 22.8 Å². The van der Waals surface area contributed by atoms with Crippen LogP contribution in [0.5, 0.6) is 17.2 Å². The number of aliphatic carboxylic acids is 1. The fourth-order valence-corrected chi connectivity index (χ4v) is 3.23. The zero-order chi connectivity index (χ0) is 17.1. The minimum absolute atomic E-state index is 0.0754. The first-order chi connectivity index (χ1) is 10.6. The molecule has 0 fully saturated rings. The van der Waals surface area contributed by atoms with Crippen molar-refractivity contribution in [2.75, 3.05) is 0 Å². The fourth-order valence-electron chi connectivity index (χ4n) is 3.23. The number of carbonyl (C=O) groups is 2. The topological polar surface area (TPSA) is 138 Å². The number of carboxylic acids is 1. The maximum Gasteiger partial charge on any atom is 0.178 e. The number of fused-ring (bicyclic) bond motifs is 2. The number of carboxylic acid groups (broad SMARTS) is 1. The second-order valence-electron chi connectivity index (χ2n) is 5.97. The minimum Gasteiger partial charge on any atom is -0.549 e. The first-order valence-electron chi connectivity index (χ1n) is 6.81. The number of Topliss-reactive ketones (excluding diaryl/α,β-unsaturated/α-hetero) is 1. The minimum atomic E-state index is -1.87. The molecule has 1 aliphatic carbocycles. The highest BCUT2D eigenvalue weighted by Gasteiger charge is 2.45. The quantitative estimate of drug-likeness (QED) is 0.535. The summed E-state index contributed by atoms with van der Waals surface area (Å²) >= 11 is 0. The molecule has 0 aliphatic heterocycles. The van der Waals surface area contributed by atoms with Crippen LogP contribution in [0.15, 0.2) is 18.2 Å². The summed E-state index contributed by atoms with van der Waals surface area (Å²) in [5.74, 6) is -5.81. The van der Waals surface area contributed by atoms with Gasteiger partial charge in [0.25, 0.3) is 0 Å². The molecule has 2 aromatic rings. The third-order valence-corrected chi connectivity index (χ3v) is 4.17. The van der Waals surface area contributed by atoms with Crippen LogP contribution in [0.25, 0.3) is 10.8 Å². The number of ketones is 1. The van der Waals surface area contributed by atoms with E-state index >= 15 is 0 Å². The van der Waals surface area contributed by atoms with Gasteiger partial charge in [-0.1, -0.05) is 0 Å². The van der Waals surface area contributed by atoms with Crippen LogP contribution in [0.3, 0.4) is 0 Å². The number of benzene rings is 2. The van der Waals surface area contributed by atoms with Gasteiger partial charge in [0, 0.05) is 12.5 Å². The zero-order valence-corrected chi connectivity index (χ0v) is 12.0. The average molecular weight is 317 g/mol. The van der Waals surface area contributed by atoms with E-state index in [-0.39, 0.29) is 34.1 Å². The second kappa shape index (κ2) is 4.60. The van der Waals surface area contributed by atoms with E-state index in [0.717, 1.165) is 6.07 Å². The predicted octanol–water partition coefficient (Wildman–Crippen LogP) is -0.187. The molecule has 0 aromatic heterocycles. The van der Waals surface area contributed by atoms with Crippen LogP contribution >= 0.6 is 0 Å². The molecule has 0 heterocycles. The van der Waals surface area contributed by atoms with E-state index in [9.17, 15) is 35.1 Å². The van der Waals surface area contributed by atoms with E-state index in [2.05, 4.69) is 0 Å². The highest BCUT2D eigenvalue weighted by Crippen LogP contribution is 2.44. The standard InChI is InChI=1S/C16H14O7/c1-16(23)5-7-2-6-3-8(17)4-9(18)10(6)13(19)11(7)14(20)12(16)15(21)22/h2-4,12,17-19,23H,5H2,1H3,(H,21,22)/p-1. The molecule has 0 saturated heterocycles.